The molecule has 0 bridgehead atoms. The van der Waals surface area contributed by atoms with Crippen molar-refractivity contribution in [3.8, 4) is 5.75 Å². The molecule has 1 fully saturated rings. The molecule has 42 heavy (non-hydrogen) atoms. The fourth-order valence-electron chi connectivity index (χ4n) is 5.84. The first-order valence-corrected chi connectivity index (χ1v) is 14.5. The summed E-state index contributed by atoms with van der Waals surface area (Å²) in [5.74, 6) is 1.70. The van der Waals surface area contributed by atoms with E-state index in [1.165, 1.54) is 17.5 Å². The van der Waals surface area contributed by atoms with Gasteiger partial charge in [-0.25, -0.2) is 4.98 Å². The van der Waals surface area contributed by atoms with Crippen LogP contribution in [0.1, 0.15) is 65.4 Å². The van der Waals surface area contributed by atoms with Crippen LogP contribution >= 0.6 is 13.5 Å². The molecule has 2 aromatic carbocycles. The molecule has 0 spiro atoms. The lowest BCUT2D eigenvalue weighted by Crippen LogP contribution is -2.41. The highest BCUT2D eigenvalue weighted by molar-refractivity contribution is 7.59. The minimum Gasteiger partial charge on any atom is -0.485 e. The average molecular weight is 595 g/mol. The van der Waals surface area contributed by atoms with Gasteiger partial charge < -0.3 is 24.5 Å². The second-order valence-electron chi connectivity index (χ2n) is 11.2. The van der Waals surface area contributed by atoms with Crippen molar-refractivity contribution >= 4 is 30.9 Å². The molecule has 0 aliphatic carbocycles. The number of aromatic nitrogens is 1. The first-order valence-electron chi connectivity index (χ1n) is 14.5. The average Bonchev–Trinajstić information content (AvgIpc) is 3.50. The largest absolute Gasteiger partial charge is 0.485 e. The van der Waals surface area contributed by atoms with Gasteiger partial charge in [-0.15, -0.1) is 0 Å². The molecule has 5 rings (SSSR count). The molecule has 0 unspecified atom stereocenters. The van der Waals surface area contributed by atoms with Gasteiger partial charge in [0.05, 0.1) is 12.3 Å². The molecule has 9 nitrogen and oxygen atoms in total. The van der Waals surface area contributed by atoms with E-state index in [0.29, 0.717) is 37.3 Å². The van der Waals surface area contributed by atoms with Crippen LogP contribution in [-0.4, -0.2) is 69.9 Å². The Bertz CT molecular complexity index is 1340. The van der Waals surface area contributed by atoms with E-state index in [0.717, 1.165) is 62.4 Å². The van der Waals surface area contributed by atoms with Crippen molar-refractivity contribution in [1.29, 1.82) is 0 Å². The van der Waals surface area contributed by atoms with Crippen molar-refractivity contribution in [2.24, 2.45) is 0 Å². The van der Waals surface area contributed by atoms with Crippen LogP contribution in [-0.2, 0) is 24.4 Å². The van der Waals surface area contributed by atoms with Crippen molar-refractivity contribution in [1.82, 2.24) is 14.8 Å². The Labute approximate surface area is 254 Å². The predicted octanol–water partition coefficient (Wildman–Crippen LogP) is 4.48. The van der Waals surface area contributed by atoms with Crippen LogP contribution in [0.3, 0.4) is 0 Å². The van der Waals surface area contributed by atoms with Gasteiger partial charge in [-0.05, 0) is 67.5 Å². The summed E-state index contributed by atoms with van der Waals surface area (Å²) < 4.78 is 11.2. The molecule has 0 radical (unpaired) electrons. The van der Waals surface area contributed by atoms with Crippen LogP contribution in [0.2, 0.25) is 0 Å². The molecule has 3 heterocycles. The lowest BCUT2D eigenvalue weighted by molar-refractivity contribution is -0.129. The number of ether oxygens (including phenoxy) is 1. The van der Waals surface area contributed by atoms with Crippen LogP contribution in [0, 0.1) is 6.92 Å². The highest BCUT2D eigenvalue weighted by Gasteiger charge is 2.23. The van der Waals surface area contributed by atoms with Gasteiger partial charge in [-0.2, -0.15) is 13.5 Å². The van der Waals surface area contributed by atoms with Crippen molar-refractivity contribution in [2.45, 2.75) is 71.2 Å². The molecule has 1 aromatic heterocycles. The third-order valence-electron chi connectivity index (χ3n) is 8.24. The summed E-state index contributed by atoms with van der Waals surface area (Å²) in [6.45, 7) is 7.71. The van der Waals surface area contributed by atoms with Gasteiger partial charge in [0.1, 0.15) is 12.4 Å². The van der Waals surface area contributed by atoms with Crippen LogP contribution in [0.5, 0.6) is 5.75 Å². The molecule has 226 valence electrons. The number of β-amino-alcohol motifs (C(OH)–C–C–N with tert-alkyl or cyclic N) is 1. The SMILES string of the molecule is CC(=O)N1CCC(Nc2cccc(C(=O)CC[C@H](O)CN3CCc4c(ccc(OCc5cnco5)c4C)C3)c2)CC1.S. The number of anilines is 1. The summed E-state index contributed by atoms with van der Waals surface area (Å²) in [6, 6.07) is 12.0. The molecule has 2 aliphatic rings. The number of Topliss-reactive ketones (excluding diaryl/α,β-unsaturated/α-hetero) is 1. The molecule has 1 amide bonds. The number of likely N-dealkylation sites (tertiary alicyclic amines) is 1. The Hall–Kier alpha value is -3.34. The van der Waals surface area contributed by atoms with Crippen LogP contribution in [0.15, 0.2) is 53.4 Å². The first kappa shape index (κ1) is 31.6. The molecule has 1 saturated heterocycles. The Balaban J connectivity index is 0.00000405. The number of fused-ring (bicyclic) bond motifs is 1. The lowest BCUT2D eigenvalue weighted by atomic mass is 9.94. The number of carbonyl (C=O) groups excluding carboxylic acids is 2. The van der Waals surface area contributed by atoms with Crippen LogP contribution in [0.4, 0.5) is 5.69 Å². The number of piperidine rings is 1. The number of aliphatic hydroxyl groups is 1. The van der Waals surface area contributed by atoms with Crippen molar-refractivity contribution < 1.29 is 23.8 Å². The van der Waals surface area contributed by atoms with E-state index in [1.54, 1.807) is 13.1 Å². The Morgan fingerprint density at radius 3 is 2.74 bits per heavy atom. The zero-order valence-corrected chi connectivity index (χ0v) is 25.5. The first-order chi connectivity index (χ1) is 19.9. The van der Waals surface area contributed by atoms with E-state index in [1.807, 2.05) is 35.2 Å². The smallest absolute Gasteiger partial charge is 0.219 e. The van der Waals surface area contributed by atoms with Crippen LogP contribution < -0.4 is 10.1 Å². The number of ketones is 1. The molecule has 2 aliphatic heterocycles. The number of hydrogen-bond acceptors (Lipinski definition) is 8. The number of hydrogen-bond donors (Lipinski definition) is 2. The zero-order valence-electron chi connectivity index (χ0n) is 24.5. The normalized spacial score (nSPS) is 16.3. The minimum absolute atomic E-state index is 0. The van der Waals surface area contributed by atoms with E-state index in [-0.39, 0.29) is 31.2 Å². The monoisotopic (exact) mass is 594 g/mol. The second kappa shape index (κ2) is 14.7. The summed E-state index contributed by atoms with van der Waals surface area (Å²) in [5, 5.41) is 14.3. The highest BCUT2D eigenvalue weighted by atomic mass is 32.1. The number of nitrogens with one attached hydrogen (secondary N) is 1. The van der Waals surface area contributed by atoms with E-state index < -0.39 is 6.10 Å². The summed E-state index contributed by atoms with van der Waals surface area (Å²) >= 11 is 0. The summed E-state index contributed by atoms with van der Waals surface area (Å²) in [4.78, 5) is 32.6. The number of rotatable bonds is 11. The molecular formula is C32H42N4O5S. The highest BCUT2D eigenvalue weighted by Crippen LogP contribution is 2.30. The number of aliphatic hydroxyl groups excluding tert-OH is 1. The number of benzene rings is 2. The summed E-state index contributed by atoms with van der Waals surface area (Å²) in [6.07, 6.45) is 5.89. The van der Waals surface area contributed by atoms with E-state index in [2.05, 4.69) is 28.2 Å². The molecule has 0 saturated carbocycles. The standard InChI is InChI=1S/C32H40N4O5.H2S/c1-22-30-12-13-35(18-25(30)6-9-32(22)40-20-29-17-33-21-41-29)19-28(38)7-8-31(39)24-4-3-5-27(16-24)34-26-10-14-36(15-11-26)23(2)37;/h3-6,9,16-17,21,26,28,34,38H,7-8,10-15,18-20H2,1-2H3;1H2/t28-;/m0./s1. The number of amides is 1. The molecule has 2 N–H and O–H groups in total. The molecular weight excluding hydrogens is 552 g/mol. The summed E-state index contributed by atoms with van der Waals surface area (Å²) in [7, 11) is 0. The number of oxazole rings is 1. The van der Waals surface area contributed by atoms with E-state index in [9.17, 15) is 14.7 Å². The van der Waals surface area contributed by atoms with Gasteiger partial charge in [0.15, 0.2) is 17.9 Å². The zero-order chi connectivity index (χ0) is 28.8. The van der Waals surface area contributed by atoms with Gasteiger partial charge in [-0.3, -0.25) is 14.5 Å². The van der Waals surface area contributed by atoms with Crippen LogP contribution in [0.25, 0.3) is 0 Å². The second-order valence-corrected chi connectivity index (χ2v) is 11.2. The van der Waals surface area contributed by atoms with Gasteiger partial charge >= 0.3 is 0 Å². The third kappa shape index (κ3) is 8.14. The van der Waals surface area contributed by atoms with Gasteiger partial charge in [0, 0.05) is 63.4 Å². The molecule has 10 heteroatoms. The topological polar surface area (TPSA) is 108 Å². The number of nitrogens with zero attached hydrogens (tertiary/aromatic N) is 3. The van der Waals surface area contributed by atoms with Gasteiger partial charge in [-0.1, -0.05) is 18.2 Å². The summed E-state index contributed by atoms with van der Waals surface area (Å²) in [5.41, 5.74) is 5.28. The lowest BCUT2D eigenvalue weighted by Gasteiger charge is -2.32. The maximum Gasteiger partial charge on any atom is 0.219 e. The predicted molar refractivity (Wildman–Crippen MR) is 166 cm³/mol. The Morgan fingerprint density at radius 2 is 2.00 bits per heavy atom. The maximum atomic E-state index is 12.9. The Kier molecular flexibility index (Phi) is 11.1. The van der Waals surface area contributed by atoms with E-state index >= 15 is 0 Å². The van der Waals surface area contributed by atoms with Gasteiger partial charge in [0.25, 0.3) is 0 Å². The quantitative estimate of drug-likeness (QED) is 0.313. The van der Waals surface area contributed by atoms with Crippen molar-refractivity contribution in [3.05, 3.63) is 77.0 Å². The van der Waals surface area contributed by atoms with Gasteiger partial charge in [0.2, 0.25) is 5.91 Å². The fraction of sp³-hybridized carbons (Fsp3) is 0.469. The molecule has 1 atom stereocenters. The fourth-order valence-corrected chi connectivity index (χ4v) is 5.84. The van der Waals surface area contributed by atoms with E-state index in [4.69, 9.17) is 9.15 Å². The maximum absolute atomic E-state index is 12.9. The van der Waals surface area contributed by atoms with Crippen molar-refractivity contribution in [3.63, 3.8) is 0 Å². The minimum atomic E-state index is -0.570. The third-order valence-corrected chi connectivity index (χ3v) is 8.24. The number of carbonyl (C=O) groups is 2. The molecule has 3 aromatic rings. The Morgan fingerprint density at radius 1 is 1.19 bits per heavy atom. The van der Waals surface area contributed by atoms with Crippen molar-refractivity contribution in [2.75, 3.05) is 31.5 Å².